The van der Waals surface area contributed by atoms with Crippen molar-refractivity contribution in [3.63, 3.8) is 0 Å². The fourth-order valence-electron chi connectivity index (χ4n) is 1.47. The van der Waals surface area contributed by atoms with Gasteiger partial charge in [0.05, 0.1) is 5.75 Å². The fourth-order valence-corrected chi connectivity index (χ4v) is 4.78. The van der Waals surface area contributed by atoms with Crippen molar-refractivity contribution in [1.29, 1.82) is 0 Å². The van der Waals surface area contributed by atoms with Crippen LogP contribution in [0.4, 0.5) is 0 Å². The third-order valence-electron chi connectivity index (χ3n) is 2.19. The van der Waals surface area contributed by atoms with Gasteiger partial charge in [-0.05, 0) is 0 Å². The monoisotopic (exact) mass is 291 g/mol. The number of carboxylic acids is 1. The predicted molar refractivity (Wildman–Crippen MR) is 72.0 cm³/mol. The van der Waals surface area contributed by atoms with Gasteiger partial charge in [0.1, 0.15) is 6.33 Å². The molecule has 1 aliphatic heterocycles. The zero-order valence-corrected chi connectivity index (χ0v) is 11.6. The van der Waals surface area contributed by atoms with Crippen LogP contribution in [0.3, 0.4) is 0 Å². The second-order valence-corrected chi connectivity index (χ2v) is 7.02. The lowest BCUT2D eigenvalue weighted by Crippen LogP contribution is -2.20. The first-order chi connectivity index (χ1) is 8.25. The predicted octanol–water partition coefficient (Wildman–Crippen LogP) is 1.30. The zero-order chi connectivity index (χ0) is 12.1. The first-order valence-electron chi connectivity index (χ1n) is 5.17. The van der Waals surface area contributed by atoms with E-state index >= 15 is 0 Å². The highest BCUT2D eigenvalue weighted by Gasteiger charge is 2.17. The fraction of sp³-hybridized carbons (Fsp3) is 0.667. The normalized spacial score (nSPS) is 20.4. The maximum absolute atomic E-state index is 10.5. The van der Waals surface area contributed by atoms with Gasteiger partial charge in [-0.15, -0.1) is 10.2 Å². The van der Waals surface area contributed by atoms with Gasteiger partial charge in [0.2, 0.25) is 0 Å². The molecule has 0 radical (unpaired) electrons. The van der Waals surface area contributed by atoms with Gasteiger partial charge >= 0.3 is 5.97 Å². The van der Waals surface area contributed by atoms with Crippen molar-refractivity contribution in [2.45, 2.75) is 17.0 Å². The Bertz CT molecular complexity index is 379. The Kier molecular flexibility index (Phi) is 5.05. The van der Waals surface area contributed by atoms with Gasteiger partial charge in [-0.25, -0.2) is 0 Å². The summed E-state index contributed by atoms with van der Waals surface area (Å²) < 4.78 is 1.96. The highest BCUT2D eigenvalue weighted by molar-refractivity contribution is 8.06. The molecule has 0 saturated carbocycles. The quantitative estimate of drug-likeness (QED) is 0.820. The molecule has 0 spiro atoms. The number of aliphatic carboxylic acids is 1. The summed E-state index contributed by atoms with van der Waals surface area (Å²) in [6.07, 6.45) is 1.68. The van der Waals surface area contributed by atoms with E-state index < -0.39 is 5.97 Å². The summed E-state index contributed by atoms with van der Waals surface area (Å²) in [7, 11) is 0. The average Bonchev–Trinajstić information content (AvgIpc) is 2.75. The minimum absolute atomic E-state index is 0.0330. The van der Waals surface area contributed by atoms with Crippen LogP contribution in [0, 0.1) is 0 Å². The van der Waals surface area contributed by atoms with Crippen LogP contribution in [-0.4, -0.2) is 54.1 Å². The van der Waals surface area contributed by atoms with Crippen molar-refractivity contribution in [3.8, 4) is 0 Å². The summed E-state index contributed by atoms with van der Waals surface area (Å²) in [5, 5.41) is 17.7. The molecule has 1 aromatic heterocycles. The van der Waals surface area contributed by atoms with E-state index in [-0.39, 0.29) is 5.75 Å². The second kappa shape index (κ2) is 6.55. The van der Waals surface area contributed by atoms with E-state index in [0.717, 1.165) is 12.3 Å². The molecule has 2 heterocycles. The van der Waals surface area contributed by atoms with Gasteiger partial charge in [0, 0.05) is 29.1 Å². The maximum atomic E-state index is 10.5. The summed E-state index contributed by atoms with van der Waals surface area (Å²) in [6.45, 7) is 0.868. The molecule has 17 heavy (non-hydrogen) atoms. The summed E-state index contributed by atoms with van der Waals surface area (Å²) in [5.74, 6) is 2.77. The molecule has 1 atom stereocenters. The third kappa shape index (κ3) is 4.11. The maximum Gasteiger partial charge on any atom is 0.313 e. The molecular weight excluding hydrogens is 278 g/mol. The van der Waals surface area contributed by atoms with Crippen LogP contribution in [0.2, 0.25) is 0 Å². The summed E-state index contributed by atoms with van der Waals surface area (Å²) in [4.78, 5) is 10.5. The van der Waals surface area contributed by atoms with Crippen molar-refractivity contribution < 1.29 is 9.90 Å². The van der Waals surface area contributed by atoms with Crippen molar-refractivity contribution in [2.75, 3.05) is 23.0 Å². The third-order valence-corrected chi connectivity index (χ3v) is 5.98. The molecule has 0 aliphatic carbocycles. The Balaban J connectivity index is 1.91. The number of hydrogen-bond donors (Lipinski definition) is 1. The molecule has 1 unspecified atom stereocenters. The summed E-state index contributed by atoms with van der Waals surface area (Å²) >= 11 is 5.17. The molecule has 1 N–H and O–H groups in total. The van der Waals surface area contributed by atoms with E-state index in [2.05, 4.69) is 10.2 Å². The van der Waals surface area contributed by atoms with E-state index in [1.165, 1.54) is 23.3 Å². The summed E-state index contributed by atoms with van der Waals surface area (Å²) in [5.41, 5.74) is 0. The number of hydrogen-bond acceptors (Lipinski definition) is 6. The van der Waals surface area contributed by atoms with Gasteiger partial charge in [-0.2, -0.15) is 23.5 Å². The van der Waals surface area contributed by atoms with Crippen molar-refractivity contribution in [3.05, 3.63) is 6.33 Å². The van der Waals surface area contributed by atoms with Crippen LogP contribution in [-0.2, 0) is 11.3 Å². The van der Waals surface area contributed by atoms with Crippen LogP contribution >= 0.6 is 35.3 Å². The van der Waals surface area contributed by atoms with Crippen LogP contribution < -0.4 is 0 Å². The standard InChI is InChI=1S/C9H13N3O2S3/c13-8(14)5-17-9-11-10-6-12(9)3-7-4-15-1-2-16-7/h6-7H,1-5H2,(H,13,14). The molecule has 2 rings (SSSR count). The van der Waals surface area contributed by atoms with Crippen LogP contribution in [0.15, 0.2) is 11.5 Å². The largest absolute Gasteiger partial charge is 0.481 e. The number of nitrogens with zero attached hydrogens (tertiary/aromatic N) is 3. The van der Waals surface area contributed by atoms with Crippen molar-refractivity contribution in [1.82, 2.24) is 14.8 Å². The average molecular weight is 291 g/mol. The summed E-state index contributed by atoms with van der Waals surface area (Å²) in [6, 6.07) is 0. The van der Waals surface area contributed by atoms with Gasteiger partial charge in [0.15, 0.2) is 5.16 Å². The topological polar surface area (TPSA) is 68.0 Å². The van der Waals surface area contributed by atoms with Crippen LogP contribution in [0.5, 0.6) is 0 Å². The first-order valence-corrected chi connectivity index (χ1v) is 8.36. The van der Waals surface area contributed by atoms with Crippen molar-refractivity contribution >= 4 is 41.3 Å². The molecule has 1 aromatic rings. The van der Waals surface area contributed by atoms with Gasteiger partial charge in [-0.3, -0.25) is 4.79 Å². The smallest absolute Gasteiger partial charge is 0.313 e. The molecule has 0 bridgehead atoms. The van der Waals surface area contributed by atoms with Crippen molar-refractivity contribution in [2.24, 2.45) is 0 Å². The lowest BCUT2D eigenvalue weighted by atomic mass is 10.4. The van der Waals surface area contributed by atoms with Gasteiger partial charge < -0.3 is 9.67 Å². The Morgan fingerprint density at radius 2 is 2.53 bits per heavy atom. The second-order valence-electron chi connectivity index (χ2n) is 3.52. The van der Waals surface area contributed by atoms with E-state index in [9.17, 15) is 4.79 Å². The van der Waals surface area contributed by atoms with Crippen LogP contribution in [0.1, 0.15) is 0 Å². The van der Waals surface area contributed by atoms with E-state index in [4.69, 9.17) is 5.11 Å². The van der Waals surface area contributed by atoms with E-state index in [1.807, 2.05) is 28.1 Å². The Morgan fingerprint density at radius 3 is 3.24 bits per heavy atom. The lowest BCUT2D eigenvalue weighted by molar-refractivity contribution is -0.133. The molecular formula is C9H13N3O2S3. The molecule has 5 nitrogen and oxygen atoms in total. The van der Waals surface area contributed by atoms with Gasteiger partial charge in [-0.1, -0.05) is 11.8 Å². The molecule has 0 aromatic carbocycles. The Labute approximate surface area is 112 Å². The van der Waals surface area contributed by atoms with E-state index in [1.54, 1.807) is 6.33 Å². The lowest BCUT2D eigenvalue weighted by Gasteiger charge is -2.21. The molecule has 0 amide bonds. The number of thioether (sulfide) groups is 3. The molecule has 8 heteroatoms. The SMILES string of the molecule is O=C(O)CSc1nncn1CC1CSCCS1. The van der Waals surface area contributed by atoms with E-state index in [0.29, 0.717) is 10.4 Å². The first kappa shape index (κ1) is 13.1. The molecule has 94 valence electrons. The number of rotatable bonds is 5. The Morgan fingerprint density at radius 1 is 1.65 bits per heavy atom. The minimum Gasteiger partial charge on any atom is -0.481 e. The zero-order valence-electron chi connectivity index (χ0n) is 9.11. The number of aromatic nitrogens is 3. The highest BCUT2D eigenvalue weighted by Crippen LogP contribution is 2.26. The minimum atomic E-state index is -0.827. The highest BCUT2D eigenvalue weighted by atomic mass is 32.2. The number of carbonyl (C=O) groups is 1. The molecule has 1 aliphatic rings. The number of carboxylic acid groups (broad SMARTS) is 1. The molecule has 1 fully saturated rings. The molecule has 1 saturated heterocycles. The Hall–Kier alpha value is -0.340. The van der Waals surface area contributed by atoms with Crippen LogP contribution in [0.25, 0.3) is 0 Å². The van der Waals surface area contributed by atoms with Gasteiger partial charge in [0.25, 0.3) is 0 Å².